The van der Waals surface area contributed by atoms with Crippen LogP contribution in [0.3, 0.4) is 0 Å². The maximum absolute atomic E-state index is 11.9. The lowest BCUT2D eigenvalue weighted by Gasteiger charge is -2.36. The molecule has 132 valence electrons. The number of nitrogens with zero attached hydrogens (tertiary/aromatic N) is 2. The standard InChI is InChI=1S/C19H21N3O2.ClH/c20-18(23)14-19(24)22-12-10-21(11-13-22)17-8-6-16(7-9-17)15-4-2-1-3-5-15;/h1-9H,10-14H2,(H2,20,23);1H. The minimum atomic E-state index is -0.570. The molecule has 1 fully saturated rings. The molecular formula is C19H22ClN3O2. The first-order valence-electron chi connectivity index (χ1n) is 8.10. The molecule has 2 aromatic rings. The summed E-state index contributed by atoms with van der Waals surface area (Å²) in [4.78, 5) is 26.7. The van der Waals surface area contributed by atoms with E-state index in [1.165, 1.54) is 11.1 Å². The number of anilines is 1. The van der Waals surface area contributed by atoms with Crippen LogP contribution < -0.4 is 10.6 Å². The van der Waals surface area contributed by atoms with E-state index in [0.29, 0.717) is 13.1 Å². The first-order chi connectivity index (χ1) is 11.6. The highest BCUT2D eigenvalue weighted by molar-refractivity contribution is 5.96. The number of piperazine rings is 1. The average Bonchev–Trinajstić information content (AvgIpc) is 2.62. The monoisotopic (exact) mass is 359 g/mol. The maximum Gasteiger partial charge on any atom is 0.232 e. The van der Waals surface area contributed by atoms with Crippen molar-refractivity contribution in [2.24, 2.45) is 5.73 Å². The molecule has 0 aromatic heterocycles. The molecule has 0 radical (unpaired) electrons. The van der Waals surface area contributed by atoms with Crippen LogP contribution in [0, 0.1) is 0 Å². The third-order valence-corrected chi connectivity index (χ3v) is 4.30. The van der Waals surface area contributed by atoms with Gasteiger partial charge in [0, 0.05) is 31.9 Å². The Labute approximate surface area is 153 Å². The van der Waals surface area contributed by atoms with Gasteiger partial charge in [0.25, 0.3) is 0 Å². The zero-order valence-corrected chi connectivity index (χ0v) is 14.7. The summed E-state index contributed by atoms with van der Waals surface area (Å²) in [6.45, 7) is 2.75. The molecule has 0 atom stereocenters. The second-order valence-corrected chi connectivity index (χ2v) is 5.92. The van der Waals surface area contributed by atoms with Crippen molar-refractivity contribution in [3.05, 3.63) is 54.6 Å². The van der Waals surface area contributed by atoms with E-state index in [4.69, 9.17) is 5.73 Å². The summed E-state index contributed by atoms with van der Waals surface area (Å²) in [7, 11) is 0. The molecule has 3 rings (SSSR count). The van der Waals surface area contributed by atoms with E-state index in [1.54, 1.807) is 4.90 Å². The molecule has 25 heavy (non-hydrogen) atoms. The van der Waals surface area contributed by atoms with E-state index >= 15 is 0 Å². The van der Waals surface area contributed by atoms with Gasteiger partial charge in [0.05, 0.1) is 0 Å². The van der Waals surface area contributed by atoms with Gasteiger partial charge in [-0.2, -0.15) is 0 Å². The zero-order valence-electron chi connectivity index (χ0n) is 13.9. The van der Waals surface area contributed by atoms with Crippen LogP contribution in [0.2, 0.25) is 0 Å². The first-order valence-corrected chi connectivity index (χ1v) is 8.10. The van der Waals surface area contributed by atoms with E-state index in [0.717, 1.165) is 18.8 Å². The number of carbonyl (C=O) groups is 2. The summed E-state index contributed by atoms with van der Waals surface area (Å²) in [5, 5.41) is 0. The fraction of sp³-hybridized carbons (Fsp3) is 0.263. The molecule has 1 aliphatic heterocycles. The maximum atomic E-state index is 11.9. The highest BCUT2D eigenvalue weighted by Crippen LogP contribution is 2.23. The number of benzene rings is 2. The Morgan fingerprint density at radius 1 is 0.840 bits per heavy atom. The van der Waals surface area contributed by atoms with Crippen molar-refractivity contribution in [1.82, 2.24) is 4.90 Å². The fourth-order valence-corrected chi connectivity index (χ4v) is 2.97. The number of halogens is 1. The lowest BCUT2D eigenvalue weighted by Crippen LogP contribution is -2.49. The largest absolute Gasteiger partial charge is 0.369 e. The summed E-state index contributed by atoms with van der Waals surface area (Å²) in [6, 6.07) is 18.7. The quantitative estimate of drug-likeness (QED) is 0.852. The van der Waals surface area contributed by atoms with Gasteiger partial charge in [0.15, 0.2) is 0 Å². The number of amides is 2. The van der Waals surface area contributed by atoms with Crippen LogP contribution in [-0.4, -0.2) is 42.9 Å². The van der Waals surface area contributed by atoms with Gasteiger partial charge in [-0.15, -0.1) is 12.4 Å². The number of hydrogen-bond acceptors (Lipinski definition) is 3. The first kappa shape index (κ1) is 18.8. The smallest absolute Gasteiger partial charge is 0.232 e. The molecule has 2 amide bonds. The van der Waals surface area contributed by atoms with Crippen LogP contribution in [0.4, 0.5) is 5.69 Å². The second kappa shape index (κ2) is 8.53. The Bertz CT molecular complexity index is 711. The van der Waals surface area contributed by atoms with Crippen molar-refractivity contribution in [3.8, 4) is 11.1 Å². The number of nitrogens with two attached hydrogens (primary N) is 1. The molecule has 2 aromatic carbocycles. The van der Waals surface area contributed by atoms with Crippen molar-refractivity contribution in [1.29, 1.82) is 0 Å². The summed E-state index contributed by atoms with van der Waals surface area (Å²) < 4.78 is 0. The molecule has 0 saturated carbocycles. The van der Waals surface area contributed by atoms with Gasteiger partial charge in [0.1, 0.15) is 6.42 Å². The molecule has 2 N–H and O–H groups in total. The lowest BCUT2D eigenvalue weighted by molar-refractivity contribution is -0.135. The zero-order chi connectivity index (χ0) is 16.9. The van der Waals surface area contributed by atoms with Crippen molar-refractivity contribution in [2.75, 3.05) is 31.1 Å². The van der Waals surface area contributed by atoms with Crippen LogP contribution >= 0.6 is 12.4 Å². The van der Waals surface area contributed by atoms with Crippen molar-refractivity contribution in [3.63, 3.8) is 0 Å². The van der Waals surface area contributed by atoms with Crippen LogP contribution in [-0.2, 0) is 9.59 Å². The van der Waals surface area contributed by atoms with Crippen LogP contribution in [0.1, 0.15) is 6.42 Å². The van der Waals surface area contributed by atoms with Crippen molar-refractivity contribution in [2.45, 2.75) is 6.42 Å². The van der Waals surface area contributed by atoms with Gasteiger partial charge in [0.2, 0.25) is 11.8 Å². The Kier molecular flexibility index (Phi) is 6.42. The minimum Gasteiger partial charge on any atom is -0.369 e. The summed E-state index contributed by atoms with van der Waals surface area (Å²) >= 11 is 0. The van der Waals surface area contributed by atoms with E-state index in [1.807, 2.05) is 18.2 Å². The van der Waals surface area contributed by atoms with E-state index in [-0.39, 0.29) is 24.7 Å². The second-order valence-electron chi connectivity index (χ2n) is 5.92. The predicted molar refractivity (Wildman–Crippen MR) is 102 cm³/mol. The molecule has 0 unspecified atom stereocenters. The molecule has 1 saturated heterocycles. The Morgan fingerprint density at radius 2 is 1.40 bits per heavy atom. The van der Waals surface area contributed by atoms with Crippen LogP contribution in [0.25, 0.3) is 11.1 Å². The number of rotatable bonds is 4. The molecule has 6 heteroatoms. The van der Waals surface area contributed by atoms with E-state index in [2.05, 4.69) is 41.3 Å². The van der Waals surface area contributed by atoms with Gasteiger partial charge in [-0.1, -0.05) is 42.5 Å². The van der Waals surface area contributed by atoms with Gasteiger partial charge in [-0.3, -0.25) is 9.59 Å². The highest BCUT2D eigenvalue weighted by atomic mass is 35.5. The van der Waals surface area contributed by atoms with Crippen LogP contribution in [0.5, 0.6) is 0 Å². The van der Waals surface area contributed by atoms with Crippen molar-refractivity contribution < 1.29 is 9.59 Å². The van der Waals surface area contributed by atoms with Gasteiger partial charge in [-0.05, 0) is 23.3 Å². The predicted octanol–water partition coefficient (Wildman–Crippen LogP) is 2.30. The Morgan fingerprint density at radius 3 is 1.96 bits per heavy atom. The molecule has 0 aliphatic carbocycles. The van der Waals surface area contributed by atoms with Crippen molar-refractivity contribution >= 4 is 29.9 Å². The third-order valence-electron chi connectivity index (χ3n) is 4.30. The molecule has 0 spiro atoms. The van der Waals surface area contributed by atoms with E-state index in [9.17, 15) is 9.59 Å². The summed E-state index contributed by atoms with van der Waals surface area (Å²) in [6.07, 6.45) is -0.203. The molecular weight excluding hydrogens is 338 g/mol. The van der Waals surface area contributed by atoms with Gasteiger partial charge in [-0.25, -0.2) is 0 Å². The molecule has 1 heterocycles. The SMILES string of the molecule is Cl.NC(=O)CC(=O)N1CCN(c2ccc(-c3ccccc3)cc2)CC1. The Hall–Kier alpha value is -2.53. The topological polar surface area (TPSA) is 66.6 Å². The number of primary amides is 1. The molecule has 0 bridgehead atoms. The van der Waals surface area contributed by atoms with Crippen LogP contribution in [0.15, 0.2) is 54.6 Å². The van der Waals surface area contributed by atoms with E-state index < -0.39 is 5.91 Å². The van der Waals surface area contributed by atoms with Gasteiger partial charge >= 0.3 is 0 Å². The Balaban J connectivity index is 0.00000225. The average molecular weight is 360 g/mol. The molecule has 1 aliphatic rings. The highest BCUT2D eigenvalue weighted by Gasteiger charge is 2.22. The summed E-state index contributed by atoms with van der Waals surface area (Å²) in [5.74, 6) is -0.750. The normalized spacial score (nSPS) is 13.9. The minimum absolute atomic E-state index is 0. The number of hydrogen-bond donors (Lipinski definition) is 1. The van der Waals surface area contributed by atoms with Gasteiger partial charge < -0.3 is 15.5 Å². The lowest BCUT2D eigenvalue weighted by atomic mass is 10.1. The summed E-state index contributed by atoms with van der Waals surface area (Å²) in [5.41, 5.74) is 8.62. The number of carbonyl (C=O) groups excluding carboxylic acids is 2. The molecule has 5 nitrogen and oxygen atoms in total. The fourth-order valence-electron chi connectivity index (χ4n) is 2.97. The third kappa shape index (κ3) is 4.73.